The zero-order valence-corrected chi connectivity index (χ0v) is 11.3. The van der Waals surface area contributed by atoms with Crippen LogP contribution in [0.2, 0.25) is 5.02 Å². The van der Waals surface area contributed by atoms with Crippen molar-refractivity contribution in [3.05, 3.63) is 40.7 Å². The van der Waals surface area contributed by atoms with Gasteiger partial charge in [0, 0.05) is 17.5 Å². The Balaban J connectivity index is 2.20. The number of aryl methyl sites for hydroxylation is 1. The number of anilines is 1. The van der Waals surface area contributed by atoms with Crippen molar-refractivity contribution in [2.75, 3.05) is 12.4 Å². The number of halogens is 1. The van der Waals surface area contributed by atoms with Crippen molar-refractivity contribution in [2.24, 2.45) is 0 Å². The molecule has 0 aliphatic carbocycles. The van der Waals surface area contributed by atoms with Crippen LogP contribution in [0.15, 0.2) is 28.8 Å². The number of ether oxygens (including phenoxy) is 1. The Morgan fingerprint density at radius 1 is 1.47 bits per heavy atom. The first-order chi connectivity index (χ1) is 9.13. The standard InChI is InChI=1S/C13H13ClN2O3/c1-3-9-7-11(16-19-9)13(17)15-10-6-8(14)4-5-12(10)18-2/h4-7H,3H2,1-2H3,(H,15,17). The molecule has 0 spiro atoms. The van der Waals surface area contributed by atoms with E-state index >= 15 is 0 Å². The number of amides is 1. The summed E-state index contributed by atoms with van der Waals surface area (Å²) >= 11 is 5.89. The molecule has 0 aliphatic rings. The summed E-state index contributed by atoms with van der Waals surface area (Å²) in [5.41, 5.74) is 0.708. The van der Waals surface area contributed by atoms with Crippen LogP contribution in [0, 0.1) is 0 Å². The molecule has 0 unspecified atom stereocenters. The van der Waals surface area contributed by atoms with Gasteiger partial charge in [-0.05, 0) is 18.2 Å². The number of benzene rings is 1. The maximum absolute atomic E-state index is 12.0. The Morgan fingerprint density at radius 3 is 2.89 bits per heavy atom. The third-order valence-corrected chi connectivity index (χ3v) is 2.78. The number of carbonyl (C=O) groups excluding carboxylic acids is 1. The quantitative estimate of drug-likeness (QED) is 0.934. The van der Waals surface area contributed by atoms with Crippen molar-refractivity contribution in [3.8, 4) is 5.75 Å². The Morgan fingerprint density at radius 2 is 2.26 bits per heavy atom. The molecule has 2 rings (SSSR count). The predicted molar refractivity (Wildman–Crippen MR) is 71.8 cm³/mol. The summed E-state index contributed by atoms with van der Waals surface area (Å²) in [6, 6.07) is 6.57. The van der Waals surface area contributed by atoms with Crippen LogP contribution in [0.5, 0.6) is 5.75 Å². The molecule has 6 heteroatoms. The van der Waals surface area contributed by atoms with Gasteiger partial charge in [0.1, 0.15) is 11.5 Å². The highest BCUT2D eigenvalue weighted by atomic mass is 35.5. The third-order valence-electron chi connectivity index (χ3n) is 2.55. The minimum atomic E-state index is -0.371. The van der Waals surface area contributed by atoms with E-state index in [1.54, 1.807) is 24.3 Å². The molecule has 2 aromatic rings. The number of nitrogens with zero attached hydrogens (tertiary/aromatic N) is 1. The fourth-order valence-electron chi connectivity index (χ4n) is 1.55. The largest absolute Gasteiger partial charge is 0.495 e. The van der Waals surface area contributed by atoms with Crippen LogP contribution in [0.4, 0.5) is 5.69 Å². The molecule has 0 saturated carbocycles. The van der Waals surface area contributed by atoms with E-state index in [-0.39, 0.29) is 11.6 Å². The van der Waals surface area contributed by atoms with E-state index in [2.05, 4.69) is 10.5 Å². The minimum Gasteiger partial charge on any atom is -0.495 e. The van der Waals surface area contributed by atoms with Gasteiger partial charge in [-0.25, -0.2) is 0 Å². The molecule has 5 nitrogen and oxygen atoms in total. The molecule has 1 aromatic heterocycles. The van der Waals surface area contributed by atoms with Crippen LogP contribution in [0.3, 0.4) is 0 Å². The number of hydrogen-bond acceptors (Lipinski definition) is 4. The molecular weight excluding hydrogens is 268 g/mol. The van der Waals surface area contributed by atoms with Crippen LogP contribution >= 0.6 is 11.6 Å². The molecule has 1 heterocycles. The summed E-state index contributed by atoms with van der Waals surface area (Å²) in [6.07, 6.45) is 0.681. The van der Waals surface area contributed by atoms with Gasteiger partial charge in [0.15, 0.2) is 5.69 Å². The van der Waals surface area contributed by atoms with Gasteiger partial charge in [0.25, 0.3) is 5.91 Å². The van der Waals surface area contributed by atoms with Crippen LogP contribution in [-0.4, -0.2) is 18.2 Å². The van der Waals surface area contributed by atoms with E-state index < -0.39 is 0 Å². The highest BCUT2D eigenvalue weighted by molar-refractivity contribution is 6.31. The first kappa shape index (κ1) is 13.4. The zero-order valence-electron chi connectivity index (χ0n) is 10.6. The molecule has 0 fully saturated rings. The van der Waals surface area contributed by atoms with Gasteiger partial charge >= 0.3 is 0 Å². The fraction of sp³-hybridized carbons (Fsp3) is 0.231. The summed E-state index contributed by atoms with van der Waals surface area (Å²) in [7, 11) is 1.52. The van der Waals surface area contributed by atoms with E-state index in [9.17, 15) is 4.79 Å². The molecule has 1 amide bonds. The normalized spacial score (nSPS) is 10.3. The van der Waals surface area contributed by atoms with E-state index in [1.165, 1.54) is 7.11 Å². The lowest BCUT2D eigenvalue weighted by atomic mass is 10.2. The van der Waals surface area contributed by atoms with E-state index in [0.29, 0.717) is 28.6 Å². The van der Waals surface area contributed by atoms with Crippen molar-refractivity contribution in [1.82, 2.24) is 5.16 Å². The van der Waals surface area contributed by atoms with Crippen molar-refractivity contribution < 1.29 is 14.1 Å². The Bertz CT molecular complexity index is 595. The second kappa shape index (κ2) is 5.75. The molecule has 100 valence electrons. The number of nitrogens with one attached hydrogen (secondary N) is 1. The maximum atomic E-state index is 12.0. The van der Waals surface area contributed by atoms with Crippen molar-refractivity contribution >= 4 is 23.2 Å². The van der Waals surface area contributed by atoms with E-state index in [4.69, 9.17) is 20.9 Å². The molecular formula is C13H13ClN2O3. The van der Waals surface area contributed by atoms with Gasteiger partial charge < -0.3 is 14.6 Å². The lowest BCUT2D eigenvalue weighted by molar-refractivity contribution is 0.101. The molecule has 1 N–H and O–H groups in total. The highest BCUT2D eigenvalue weighted by Crippen LogP contribution is 2.28. The number of carbonyl (C=O) groups is 1. The first-order valence-electron chi connectivity index (χ1n) is 5.74. The van der Waals surface area contributed by atoms with Crippen LogP contribution < -0.4 is 10.1 Å². The lowest BCUT2D eigenvalue weighted by Crippen LogP contribution is -2.13. The number of methoxy groups -OCH3 is 1. The molecule has 1 aromatic carbocycles. The van der Waals surface area contributed by atoms with Gasteiger partial charge in [0.05, 0.1) is 12.8 Å². The summed E-state index contributed by atoms with van der Waals surface area (Å²) in [5.74, 6) is 0.809. The fourth-order valence-corrected chi connectivity index (χ4v) is 1.72. The van der Waals surface area contributed by atoms with Crippen molar-refractivity contribution in [2.45, 2.75) is 13.3 Å². The van der Waals surface area contributed by atoms with Crippen LogP contribution in [-0.2, 0) is 6.42 Å². The van der Waals surface area contributed by atoms with Gasteiger partial charge in [-0.3, -0.25) is 4.79 Å². The molecule has 0 bridgehead atoms. The number of rotatable bonds is 4. The predicted octanol–water partition coefficient (Wildman–Crippen LogP) is 3.15. The second-order valence-corrected chi connectivity index (χ2v) is 4.27. The summed E-state index contributed by atoms with van der Waals surface area (Å²) in [6.45, 7) is 1.92. The second-order valence-electron chi connectivity index (χ2n) is 3.83. The first-order valence-corrected chi connectivity index (χ1v) is 6.12. The SMILES string of the molecule is CCc1cc(C(=O)Nc2cc(Cl)ccc2OC)no1. The lowest BCUT2D eigenvalue weighted by Gasteiger charge is -2.09. The van der Waals surface area contributed by atoms with Crippen LogP contribution in [0.1, 0.15) is 23.2 Å². The van der Waals surface area contributed by atoms with Gasteiger partial charge in [0.2, 0.25) is 0 Å². The smallest absolute Gasteiger partial charge is 0.277 e. The van der Waals surface area contributed by atoms with Gasteiger partial charge in [-0.2, -0.15) is 0 Å². The molecule has 0 radical (unpaired) electrons. The number of aromatic nitrogens is 1. The van der Waals surface area contributed by atoms with E-state index in [1.807, 2.05) is 6.92 Å². The van der Waals surface area contributed by atoms with Gasteiger partial charge in [-0.15, -0.1) is 0 Å². The maximum Gasteiger partial charge on any atom is 0.277 e. The summed E-state index contributed by atoms with van der Waals surface area (Å²) in [5, 5.41) is 6.89. The minimum absolute atomic E-state index is 0.221. The van der Waals surface area contributed by atoms with Crippen LogP contribution in [0.25, 0.3) is 0 Å². The molecule has 0 aliphatic heterocycles. The molecule has 19 heavy (non-hydrogen) atoms. The Labute approximate surface area is 115 Å². The van der Waals surface area contributed by atoms with E-state index in [0.717, 1.165) is 0 Å². The van der Waals surface area contributed by atoms with Crippen molar-refractivity contribution in [1.29, 1.82) is 0 Å². The highest BCUT2D eigenvalue weighted by Gasteiger charge is 2.14. The van der Waals surface area contributed by atoms with Gasteiger partial charge in [-0.1, -0.05) is 23.7 Å². The average molecular weight is 281 g/mol. The zero-order chi connectivity index (χ0) is 13.8. The Kier molecular flexibility index (Phi) is 4.06. The summed E-state index contributed by atoms with van der Waals surface area (Å²) < 4.78 is 10.1. The number of hydrogen-bond donors (Lipinski definition) is 1. The molecule has 0 saturated heterocycles. The Hall–Kier alpha value is -2.01. The average Bonchev–Trinajstić information content (AvgIpc) is 2.88. The third kappa shape index (κ3) is 3.06. The van der Waals surface area contributed by atoms with Crippen molar-refractivity contribution in [3.63, 3.8) is 0 Å². The molecule has 0 atom stereocenters. The summed E-state index contributed by atoms with van der Waals surface area (Å²) in [4.78, 5) is 12.0. The topological polar surface area (TPSA) is 64.4 Å². The monoisotopic (exact) mass is 280 g/mol.